The number of hydrogen-bond acceptors (Lipinski definition) is 5. The van der Waals surface area contributed by atoms with E-state index in [0.29, 0.717) is 16.4 Å². The largest absolute Gasteiger partial charge is 0.375 e. The highest BCUT2D eigenvalue weighted by Gasteiger charge is 2.22. The molecule has 19 heavy (non-hydrogen) atoms. The number of aryl methyl sites for hydroxylation is 2. The fraction of sp³-hybridized carbons (Fsp3) is 0.182. The van der Waals surface area contributed by atoms with Crippen LogP contribution in [-0.2, 0) is 10.0 Å². The van der Waals surface area contributed by atoms with E-state index in [0.717, 1.165) is 16.9 Å². The van der Waals surface area contributed by atoms with E-state index < -0.39 is 10.0 Å². The van der Waals surface area contributed by atoms with E-state index in [1.807, 2.05) is 6.92 Å². The SMILES string of the molecule is Cc1ccc(Cl)c(NS(=O)(=O)c2sc(N)nc2C)c1. The van der Waals surface area contributed by atoms with Gasteiger partial charge in [-0.15, -0.1) is 0 Å². The Bertz CT molecular complexity index is 726. The Morgan fingerprint density at radius 1 is 1.37 bits per heavy atom. The molecule has 0 amide bonds. The summed E-state index contributed by atoms with van der Waals surface area (Å²) in [6, 6.07) is 5.11. The van der Waals surface area contributed by atoms with E-state index in [1.54, 1.807) is 25.1 Å². The summed E-state index contributed by atoms with van der Waals surface area (Å²) >= 11 is 6.89. The number of nitrogen functional groups attached to an aromatic ring is 1. The predicted octanol–water partition coefficient (Wildman–Crippen LogP) is 2.80. The molecule has 0 aliphatic rings. The summed E-state index contributed by atoms with van der Waals surface area (Å²) in [4.78, 5) is 3.90. The number of benzene rings is 1. The molecule has 0 spiro atoms. The normalized spacial score (nSPS) is 11.5. The number of nitrogens with two attached hydrogens (primary N) is 1. The zero-order valence-electron chi connectivity index (χ0n) is 10.3. The van der Waals surface area contributed by atoms with Crippen molar-refractivity contribution in [1.82, 2.24) is 4.98 Å². The molecule has 1 aromatic carbocycles. The Balaban J connectivity index is 2.42. The Morgan fingerprint density at radius 2 is 2.05 bits per heavy atom. The van der Waals surface area contributed by atoms with E-state index in [-0.39, 0.29) is 9.34 Å². The molecule has 0 radical (unpaired) electrons. The summed E-state index contributed by atoms with van der Waals surface area (Å²) in [7, 11) is -3.72. The first-order valence-electron chi connectivity index (χ1n) is 5.31. The molecular weight excluding hydrogens is 306 g/mol. The van der Waals surface area contributed by atoms with E-state index >= 15 is 0 Å². The molecule has 5 nitrogen and oxygen atoms in total. The zero-order valence-corrected chi connectivity index (χ0v) is 12.7. The second-order valence-electron chi connectivity index (χ2n) is 4.01. The Hall–Kier alpha value is -1.31. The van der Waals surface area contributed by atoms with Gasteiger partial charge < -0.3 is 5.73 Å². The average Bonchev–Trinajstić information content (AvgIpc) is 2.63. The van der Waals surface area contributed by atoms with E-state index in [4.69, 9.17) is 17.3 Å². The summed E-state index contributed by atoms with van der Waals surface area (Å²) in [6.45, 7) is 3.45. The lowest BCUT2D eigenvalue weighted by atomic mass is 10.2. The molecule has 0 saturated heterocycles. The monoisotopic (exact) mass is 317 g/mol. The maximum Gasteiger partial charge on any atom is 0.273 e. The number of nitrogens with one attached hydrogen (secondary N) is 1. The van der Waals surface area contributed by atoms with Crippen LogP contribution in [0.2, 0.25) is 5.02 Å². The van der Waals surface area contributed by atoms with Crippen molar-refractivity contribution in [2.24, 2.45) is 0 Å². The van der Waals surface area contributed by atoms with Crippen LogP contribution in [0, 0.1) is 13.8 Å². The van der Waals surface area contributed by atoms with Crippen molar-refractivity contribution in [2.75, 3.05) is 10.5 Å². The first-order valence-corrected chi connectivity index (χ1v) is 7.99. The van der Waals surface area contributed by atoms with Crippen molar-refractivity contribution >= 4 is 43.8 Å². The van der Waals surface area contributed by atoms with E-state index in [2.05, 4.69) is 9.71 Å². The first kappa shape index (κ1) is 14.1. The Kier molecular flexibility index (Phi) is 3.71. The smallest absolute Gasteiger partial charge is 0.273 e. The van der Waals surface area contributed by atoms with Crippen LogP contribution in [0.1, 0.15) is 11.3 Å². The molecule has 102 valence electrons. The number of aromatic nitrogens is 1. The average molecular weight is 318 g/mol. The topological polar surface area (TPSA) is 85.1 Å². The number of thiazole rings is 1. The minimum atomic E-state index is -3.72. The molecule has 0 aliphatic carbocycles. The van der Waals surface area contributed by atoms with Crippen LogP contribution in [0.5, 0.6) is 0 Å². The molecule has 0 atom stereocenters. The fourth-order valence-electron chi connectivity index (χ4n) is 1.56. The van der Waals surface area contributed by atoms with Crippen molar-refractivity contribution < 1.29 is 8.42 Å². The van der Waals surface area contributed by atoms with Gasteiger partial charge in [-0.2, -0.15) is 0 Å². The van der Waals surface area contributed by atoms with Gasteiger partial charge in [0.2, 0.25) is 0 Å². The Morgan fingerprint density at radius 3 is 2.63 bits per heavy atom. The fourth-order valence-corrected chi connectivity index (χ4v) is 4.15. The number of sulfonamides is 1. The third-order valence-corrected chi connectivity index (χ3v) is 5.67. The quantitative estimate of drug-likeness (QED) is 0.911. The van der Waals surface area contributed by atoms with Crippen LogP contribution in [-0.4, -0.2) is 13.4 Å². The highest BCUT2D eigenvalue weighted by molar-refractivity contribution is 7.94. The maximum atomic E-state index is 12.2. The van der Waals surface area contributed by atoms with Gasteiger partial charge in [-0.25, -0.2) is 13.4 Å². The molecule has 0 saturated carbocycles. The summed E-state index contributed by atoms with van der Waals surface area (Å²) in [5.74, 6) is 0. The van der Waals surface area contributed by atoms with Gasteiger partial charge >= 0.3 is 0 Å². The van der Waals surface area contributed by atoms with Crippen LogP contribution in [0.4, 0.5) is 10.8 Å². The molecule has 1 aromatic heterocycles. The molecule has 2 rings (SSSR count). The third kappa shape index (κ3) is 2.99. The molecule has 0 aliphatic heterocycles. The summed E-state index contributed by atoms with van der Waals surface area (Å²) < 4.78 is 27.0. The summed E-state index contributed by atoms with van der Waals surface area (Å²) in [5.41, 5.74) is 7.13. The number of anilines is 2. The lowest BCUT2D eigenvalue weighted by Crippen LogP contribution is -2.13. The molecule has 0 bridgehead atoms. The molecular formula is C11H12ClN3O2S2. The van der Waals surface area contributed by atoms with Crippen molar-refractivity contribution in [1.29, 1.82) is 0 Å². The molecule has 1 heterocycles. The van der Waals surface area contributed by atoms with Gasteiger partial charge in [0.1, 0.15) is 0 Å². The second kappa shape index (κ2) is 4.99. The van der Waals surface area contributed by atoms with Crippen LogP contribution >= 0.6 is 22.9 Å². The van der Waals surface area contributed by atoms with Gasteiger partial charge in [-0.05, 0) is 31.5 Å². The van der Waals surface area contributed by atoms with Crippen LogP contribution < -0.4 is 10.5 Å². The summed E-state index contributed by atoms with van der Waals surface area (Å²) in [6.07, 6.45) is 0. The van der Waals surface area contributed by atoms with Gasteiger partial charge in [0.15, 0.2) is 9.34 Å². The van der Waals surface area contributed by atoms with Gasteiger partial charge in [0, 0.05) is 0 Å². The second-order valence-corrected chi connectivity index (χ2v) is 7.33. The predicted molar refractivity (Wildman–Crippen MR) is 78.3 cm³/mol. The van der Waals surface area contributed by atoms with Gasteiger partial charge in [-0.1, -0.05) is 29.0 Å². The lowest BCUT2D eigenvalue weighted by Gasteiger charge is -2.09. The lowest BCUT2D eigenvalue weighted by molar-refractivity contribution is 0.602. The standard InChI is InChI=1S/C11H12ClN3O2S2/c1-6-3-4-8(12)9(5-6)15-19(16,17)10-7(2)14-11(13)18-10/h3-5,15H,1-2H3,(H2,13,14). The van der Waals surface area contributed by atoms with Crippen LogP contribution in [0.3, 0.4) is 0 Å². The van der Waals surface area contributed by atoms with Gasteiger partial charge in [0.25, 0.3) is 10.0 Å². The zero-order chi connectivity index (χ0) is 14.2. The molecule has 2 aromatic rings. The number of rotatable bonds is 3. The maximum absolute atomic E-state index is 12.2. The van der Waals surface area contributed by atoms with Crippen LogP contribution in [0.25, 0.3) is 0 Å². The van der Waals surface area contributed by atoms with E-state index in [9.17, 15) is 8.42 Å². The van der Waals surface area contributed by atoms with E-state index in [1.165, 1.54) is 0 Å². The first-order chi connectivity index (χ1) is 8.79. The highest BCUT2D eigenvalue weighted by atomic mass is 35.5. The number of hydrogen-bond donors (Lipinski definition) is 2. The third-order valence-electron chi connectivity index (χ3n) is 2.38. The molecule has 0 fully saturated rings. The van der Waals surface area contributed by atoms with Crippen molar-refractivity contribution in [3.05, 3.63) is 34.5 Å². The van der Waals surface area contributed by atoms with Crippen molar-refractivity contribution in [3.63, 3.8) is 0 Å². The van der Waals surface area contributed by atoms with Crippen molar-refractivity contribution in [2.45, 2.75) is 18.1 Å². The minimum Gasteiger partial charge on any atom is -0.375 e. The summed E-state index contributed by atoms with van der Waals surface area (Å²) in [5, 5.41) is 0.553. The van der Waals surface area contributed by atoms with Gasteiger partial charge in [-0.3, -0.25) is 4.72 Å². The van der Waals surface area contributed by atoms with Gasteiger partial charge in [0.05, 0.1) is 16.4 Å². The molecule has 3 N–H and O–H groups in total. The number of nitrogens with zero attached hydrogens (tertiary/aromatic N) is 1. The van der Waals surface area contributed by atoms with Crippen molar-refractivity contribution in [3.8, 4) is 0 Å². The van der Waals surface area contributed by atoms with Crippen LogP contribution in [0.15, 0.2) is 22.4 Å². The number of halogens is 1. The highest BCUT2D eigenvalue weighted by Crippen LogP contribution is 2.30. The molecule has 8 heteroatoms. The minimum absolute atomic E-state index is 0.0996. The Labute approximate surface area is 120 Å². The molecule has 0 unspecified atom stereocenters.